The van der Waals surface area contributed by atoms with E-state index in [1.165, 1.54) is 7.11 Å². The molecule has 0 bridgehead atoms. The van der Waals surface area contributed by atoms with Gasteiger partial charge in [0.05, 0.1) is 7.11 Å². The third-order valence-corrected chi connectivity index (χ3v) is 4.68. The summed E-state index contributed by atoms with van der Waals surface area (Å²) in [5.41, 5.74) is 0.341. The average molecular weight is 312 g/mol. The van der Waals surface area contributed by atoms with Crippen molar-refractivity contribution in [2.75, 3.05) is 7.11 Å². The molecule has 1 aliphatic carbocycles. The molecule has 2 rings (SSSR count). The SMILES string of the molecule is C=C[C@@H](c1ccccc1)[C@@](C)(C(=O)OC)C(=O)C1=CCCCC1. The van der Waals surface area contributed by atoms with E-state index in [0.717, 1.165) is 36.8 Å². The number of Topliss-reactive ketones (excluding diaryl/α,β-unsaturated/α-hetero) is 1. The van der Waals surface area contributed by atoms with Crippen molar-refractivity contribution in [3.8, 4) is 0 Å². The first-order chi connectivity index (χ1) is 11.1. The molecule has 0 aliphatic heterocycles. The van der Waals surface area contributed by atoms with E-state index < -0.39 is 17.3 Å². The molecule has 0 amide bonds. The maximum Gasteiger partial charge on any atom is 0.320 e. The summed E-state index contributed by atoms with van der Waals surface area (Å²) in [4.78, 5) is 25.8. The second-order valence-corrected chi connectivity index (χ2v) is 6.12. The minimum Gasteiger partial charge on any atom is -0.468 e. The average Bonchev–Trinajstić information content (AvgIpc) is 2.62. The molecule has 0 unspecified atom stereocenters. The quantitative estimate of drug-likeness (QED) is 0.449. The minimum atomic E-state index is -1.29. The van der Waals surface area contributed by atoms with Crippen molar-refractivity contribution in [1.29, 1.82) is 0 Å². The minimum absolute atomic E-state index is 0.141. The summed E-state index contributed by atoms with van der Waals surface area (Å²) in [5.74, 6) is -1.08. The molecule has 0 aromatic heterocycles. The van der Waals surface area contributed by atoms with E-state index in [4.69, 9.17) is 4.74 Å². The number of hydrogen-bond donors (Lipinski definition) is 0. The Kier molecular flexibility index (Phi) is 5.54. The van der Waals surface area contributed by atoms with Gasteiger partial charge in [-0.1, -0.05) is 42.5 Å². The first-order valence-corrected chi connectivity index (χ1v) is 8.05. The molecule has 2 atom stereocenters. The zero-order valence-corrected chi connectivity index (χ0v) is 13.9. The number of methoxy groups -OCH3 is 1. The standard InChI is InChI=1S/C20H24O3/c1-4-17(15-11-7-5-8-12-15)20(2,19(22)23-3)18(21)16-13-9-6-10-14-16/h4-5,7-8,11-13,17H,1,6,9-10,14H2,2-3H3/t17-,20+/m0/s1. The van der Waals surface area contributed by atoms with Gasteiger partial charge in [-0.25, -0.2) is 0 Å². The predicted octanol–water partition coefficient (Wildman–Crippen LogP) is 4.21. The number of carbonyl (C=O) groups excluding carboxylic acids is 2. The van der Waals surface area contributed by atoms with Crippen molar-refractivity contribution >= 4 is 11.8 Å². The highest BCUT2D eigenvalue weighted by molar-refractivity contribution is 6.13. The highest BCUT2D eigenvalue weighted by Crippen LogP contribution is 2.42. The molecule has 0 saturated heterocycles. The molecule has 1 aromatic rings. The van der Waals surface area contributed by atoms with Gasteiger partial charge in [-0.2, -0.15) is 0 Å². The van der Waals surface area contributed by atoms with Gasteiger partial charge in [0.25, 0.3) is 0 Å². The third kappa shape index (κ3) is 3.29. The van der Waals surface area contributed by atoms with Crippen LogP contribution < -0.4 is 0 Å². The van der Waals surface area contributed by atoms with Crippen molar-refractivity contribution in [3.63, 3.8) is 0 Å². The molecule has 122 valence electrons. The molecule has 23 heavy (non-hydrogen) atoms. The molecular formula is C20H24O3. The molecule has 3 heteroatoms. The number of rotatable bonds is 6. The first kappa shape index (κ1) is 17.2. The Labute approximate surface area is 138 Å². The van der Waals surface area contributed by atoms with Gasteiger partial charge in [0, 0.05) is 5.92 Å². The zero-order valence-electron chi connectivity index (χ0n) is 13.9. The van der Waals surface area contributed by atoms with Gasteiger partial charge in [0.2, 0.25) is 0 Å². The number of benzene rings is 1. The van der Waals surface area contributed by atoms with Crippen molar-refractivity contribution in [2.24, 2.45) is 5.41 Å². The summed E-state index contributed by atoms with van der Waals surface area (Å²) >= 11 is 0. The Hall–Kier alpha value is -2.16. The normalized spacial score (nSPS) is 18.3. The van der Waals surface area contributed by atoms with Crippen LogP contribution >= 0.6 is 0 Å². The molecule has 0 spiro atoms. The fourth-order valence-electron chi connectivity index (χ4n) is 3.32. The molecule has 0 saturated carbocycles. The van der Waals surface area contributed by atoms with Crippen LogP contribution in [0.5, 0.6) is 0 Å². The van der Waals surface area contributed by atoms with Gasteiger partial charge in [0.15, 0.2) is 5.78 Å². The fraction of sp³-hybridized carbons (Fsp3) is 0.400. The predicted molar refractivity (Wildman–Crippen MR) is 91.1 cm³/mol. The van der Waals surface area contributed by atoms with Crippen molar-refractivity contribution < 1.29 is 14.3 Å². The summed E-state index contributed by atoms with van der Waals surface area (Å²) < 4.78 is 5.00. The molecule has 1 aromatic carbocycles. The van der Waals surface area contributed by atoms with Crippen LogP contribution in [0.15, 0.2) is 54.6 Å². The molecule has 0 N–H and O–H groups in total. The van der Waals surface area contributed by atoms with Crippen LogP contribution in [0, 0.1) is 5.41 Å². The van der Waals surface area contributed by atoms with E-state index in [-0.39, 0.29) is 5.78 Å². The van der Waals surface area contributed by atoms with Crippen LogP contribution in [-0.4, -0.2) is 18.9 Å². The lowest BCUT2D eigenvalue weighted by Crippen LogP contribution is -2.43. The van der Waals surface area contributed by atoms with Crippen LogP contribution in [-0.2, 0) is 14.3 Å². The van der Waals surface area contributed by atoms with Gasteiger partial charge in [-0.3, -0.25) is 9.59 Å². The van der Waals surface area contributed by atoms with Gasteiger partial charge in [-0.05, 0) is 43.7 Å². The topological polar surface area (TPSA) is 43.4 Å². The number of ketones is 1. The lowest BCUT2D eigenvalue weighted by molar-refractivity contribution is -0.156. The number of allylic oxidation sites excluding steroid dienone is 3. The maximum atomic E-state index is 13.2. The summed E-state index contributed by atoms with van der Waals surface area (Å²) in [6.07, 6.45) is 7.34. The molecular weight excluding hydrogens is 288 g/mol. The van der Waals surface area contributed by atoms with Crippen LogP contribution in [0.1, 0.15) is 44.1 Å². The molecule has 3 nitrogen and oxygen atoms in total. The summed E-state index contributed by atoms with van der Waals surface area (Å²) in [7, 11) is 1.33. The number of carbonyl (C=O) groups is 2. The lowest BCUT2D eigenvalue weighted by Gasteiger charge is -2.33. The lowest BCUT2D eigenvalue weighted by atomic mass is 9.67. The van der Waals surface area contributed by atoms with E-state index >= 15 is 0 Å². The van der Waals surface area contributed by atoms with Gasteiger partial charge < -0.3 is 4.74 Å². The molecule has 0 fully saturated rings. The van der Waals surface area contributed by atoms with Gasteiger partial charge in [0.1, 0.15) is 5.41 Å². The maximum absolute atomic E-state index is 13.2. The molecule has 1 aliphatic rings. The van der Waals surface area contributed by atoms with Gasteiger partial charge >= 0.3 is 5.97 Å². The van der Waals surface area contributed by atoms with Gasteiger partial charge in [-0.15, -0.1) is 6.58 Å². The van der Waals surface area contributed by atoms with Crippen molar-refractivity contribution in [1.82, 2.24) is 0 Å². The zero-order chi connectivity index (χ0) is 16.9. The van der Waals surface area contributed by atoms with E-state index in [0.29, 0.717) is 0 Å². The van der Waals surface area contributed by atoms with Crippen LogP contribution in [0.2, 0.25) is 0 Å². The Bertz CT molecular complexity index is 615. The van der Waals surface area contributed by atoms with E-state index in [9.17, 15) is 9.59 Å². The Balaban J connectivity index is 2.49. The van der Waals surface area contributed by atoms with Crippen molar-refractivity contribution in [3.05, 3.63) is 60.2 Å². The number of esters is 1. The third-order valence-electron chi connectivity index (χ3n) is 4.68. The molecule has 0 heterocycles. The highest BCUT2D eigenvalue weighted by Gasteiger charge is 2.49. The Morgan fingerprint density at radius 1 is 1.26 bits per heavy atom. The Morgan fingerprint density at radius 2 is 1.96 bits per heavy atom. The van der Waals surface area contributed by atoms with E-state index in [1.807, 2.05) is 36.4 Å². The second kappa shape index (κ2) is 7.40. The number of hydrogen-bond acceptors (Lipinski definition) is 3. The number of ether oxygens (including phenoxy) is 1. The van der Waals surface area contributed by atoms with Crippen molar-refractivity contribution in [2.45, 2.75) is 38.5 Å². The highest BCUT2D eigenvalue weighted by atomic mass is 16.5. The second-order valence-electron chi connectivity index (χ2n) is 6.12. The first-order valence-electron chi connectivity index (χ1n) is 8.05. The monoisotopic (exact) mass is 312 g/mol. The van der Waals surface area contributed by atoms with E-state index in [2.05, 4.69) is 6.58 Å². The molecule has 0 radical (unpaired) electrons. The summed E-state index contributed by atoms with van der Waals surface area (Å²) in [6, 6.07) is 9.53. The summed E-state index contributed by atoms with van der Waals surface area (Å²) in [6.45, 7) is 5.54. The van der Waals surface area contributed by atoms with Crippen LogP contribution in [0.3, 0.4) is 0 Å². The Morgan fingerprint density at radius 3 is 2.48 bits per heavy atom. The van der Waals surface area contributed by atoms with Crippen LogP contribution in [0.25, 0.3) is 0 Å². The smallest absolute Gasteiger partial charge is 0.320 e. The fourth-order valence-corrected chi connectivity index (χ4v) is 3.32. The summed E-state index contributed by atoms with van der Waals surface area (Å²) in [5, 5.41) is 0. The largest absolute Gasteiger partial charge is 0.468 e. The van der Waals surface area contributed by atoms with Crippen LogP contribution in [0.4, 0.5) is 0 Å². The van der Waals surface area contributed by atoms with E-state index in [1.54, 1.807) is 13.0 Å².